The maximum Gasteiger partial charge on any atom is 0.515 e. The second kappa shape index (κ2) is 2.37. The highest BCUT2D eigenvalue weighted by atomic mass is 31.2. The average Bonchev–Trinajstić information content (AvgIpc) is 1.68. The van der Waals surface area contributed by atoms with Crippen LogP contribution in [-0.2, 0) is 13.9 Å². The molecule has 0 fully saturated rings. The van der Waals surface area contributed by atoms with E-state index in [1.165, 1.54) is 0 Å². The van der Waals surface area contributed by atoms with Gasteiger partial charge >= 0.3 is 7.82 Å². The van der Waals surface area contributed by atoms with Crippen molar-refractivity contribution in [3.63, 3.8) is 0 Å². The Morgan fingerprint density at radius 1 is 1.71 bits per heavy atom. The van der Waals surface area contributed by atoms with E-state index in [0.717, 1.165) is 0 Å². The van der Waals surface area contributed by atoms with Crippen molar-refractivity contribution in [3.05, 3.63) is 0 Å². The standard InChI is InChI=1S/H4NO5P/c1-5-7(3,4)6-2/h2H,1H2,(H,3,4). The van der Waals surface area contributed by atoms with Gasteiger partial charge in [-0.05, 0) is 0 Å². The van der Waals surface area contributed by atoms with Gasteiger partial charge in [-0.2, -0.15) is 4.62 Å². The Morgan fingerprint density at radius 3 is 2.14 bits per heavy atom. The van der Waals surface area contributed by atoms with Gasteiger partial charge in [-0.1, -0.05) is 0 Å². The fourth-order valence-electron chi connectivity index (χ4n) is 0.0192. The van der Waals surface area contributed by atoms with Crippen LogP contribution in [0.25, 0.3) is 0 Å². The zero-order valence-electron chi connectivity index (χ0n) is 3.14. The van der Waals surface area contributed by atoms with Crippen LogP contribution in [0.5, 0.6) is 0 Å². The van der Waals surface area contributed by atoms with Gasteiger partial charge in [-0.15, -0.1) is 4.67 Å². The Labute approximate surface area is 39.0 Å². The first-order valence-electron chi connectivity index (χ1n) is 1.17. The number of hydrogen-bond acceptors (Lipinski definition) is 5. The topological polar surface area (TPSA) is 102 Å². The lowest BCUT2D eigenvalue weighted by Gasteiger charge is -1.98. The molecule has 0 aliphatic carbocycles. The van der Waals surface area contributed by atoms with E-state index in [0.29, 0.717) is 0 Å². The fourth-order valence-corrected chi connectivity index (χ4v) is 0.0577. The van der Waals surface area contributed by atoms with Crippen LogP contribution in [0.15, 0.2) is 0 Å². The van der Waals surface area contributed by atoms with E-state index >= 15 is 0 Å². The number of hydrogen-bond donors (Lipinski definition) is 3. The van der Waals surface area contributed by atoms with Crippen LogP contribution in [0.1, 0.15) is 0 Å². The summed E-state index contributed by atoms with van der Waals surface area (Å²) in [6.45, 7) is 0. The molecule has 0 amide bonds. The van der Waals surface area contributed by atoms with Crippen molar-refractivity contribution in [1.29, 1.82) is 0 Å². The van der Waals surface area contributed by atoms with E-state index in [9.17, 15) is 4.57 Å². The molecule has 1 unspecified atom stereocenters. The maximum absolute atomic E-state index is 9.69. The van der Waals surface area contributed by atoms with E-state index in [1.54, 1.807) is 0 Å². The highest BCUT2D eigenvalue weighted by Crippen LogP contribution is 2.38. The molecule has 0 heterocycles. The minimum atomic E-state index is -4.32. The van der Waals surface area contributed by atoms with E-state index < -0.39 is 7.82 Å². The molecule has 0 aliphatic rings. The Balaban J connectivity index is 3.61. The minimum absolute atomic E-state index is 2.85. The van der Waals surface area contributed by atoms with Gasteiger partial charge < -0.3 is 0 Å². The third-order valence-corrected chi connectivity index (χ3v) is 0.709. The summed E-state index contributed by atoms with van der Waals surface area (Å²) in [6, 6.07) is 0. The molecule has 0 radical (unpaired) electrons. The van der Waals surface area contributed by atoms with Crippen molar-refractivity contribution in [2.45, 2.75) is 0 Å². The average molecular weight is 129 g/mol. The molecule has 0 bridgehead atoms. The second-order valence-corrected chi connectivity index (χ2v) is 1.97. The first kappa shape index (κ1) is 7.03. The zero-order chi connectivity index (χ0) is 5.91. The van der Waals surface area contributed by atoms with Gasteiger partial charge in [-0.3, -0.25) is 4.89 Å². The molecule has 0 aromatic rings. The normalized spacial score (nSPS) is 18.7. The molecule has 44 valence electrons. The third kappa shape index (κ3) is 2.69. The molecule has 0 spiro atoms. The molecule has 7 heavy (non-hydrogen) atoms. The molecule has 0 aromatic heterocycles. The van der Waals surface area contributed by atoms with Crippen molar-refractivity contribution in [1.82, 2.24) is 0 Å². The van der Waals surface area contributed by atoms with Gasteiger partial charge in [0.15, 0.2) is 0 Å². The van der Waals surface area contributed by atoms with Crippen LogP contribution in [0.3, 0.4) is 0 Å². The van der Waals surface area contributed by atoms with E-state index in [1.807, 2.05) is 0 Å². The van der Waals surface area contributed by atoms with Gasteiger partial charge in [-0.25, -0.2) is 15.7 Å². The Hall–Kier alpha value is 0.0300. The third-order valence-electron chi connectivity index (χ3n) is 0.236. The number of nitrogens with two attached hydrogens (primary N) is 1. The SMILES string of the molecule is NOP(=O)(O)OO. The smallest absolute Gasteiger partial charge is 0.300 e. The van der Waals surface area contributed by atoms with Crippen molar-refractivity contribution in [2.24, 2.45) is 5.90 Å². The monoisotopic (exact) mass is 129 g/mol. The number of phosphoric acid groups is 1. The van der Waals surface area contributed by atoms with E-state index in [2.05, 4.69) is 15.2 Å². The molecule has 0 saturated heterocycles. The van der Waals surface area contributed by atoms with Gasteiger partial charge in [0, 0.05) is 0 Å². The maximum atomic E-state index is 9.69. The molecule has 1 atom stereocenters. The zero-order valence-corrected chi connectivity index (χ0v) is 4.04. The number of rotatable bonds is 2. The molecule has 6 nitrogen and oxygen atoms in total. The van der Waals surface area contributed by atoms with Crippen LogP contribution in [0, 0.1) is 0 Å². The van der Waals surface area contributed by atoms with Crippen molar-refractivity contribution < 1.29 is 24.0 Å². The van der Waals surface area contributed by atoms with Gasteiger partial charge in [0.2, 0.25) is 0 Å². The summed E-state index contributed by atoms with van der Waals surface area (Å²) in [5.41, 5.74) is 0. The summed E-state index contributed by atoms with van der Waals surface area (Å²) in [5.74, 6) is 4.12. The summed E-state index contributed by atoms with van der Waals surface area (Å²) in [7, 11) is -4.32. The Kier molecular flexibility index (Phi) is 2.38. The summed E-state index contributed by atoms with van der Waals surface area (Å²) < 4.78 is 15.8. The molecule has 0 aliphatic heterocycles. The van der Waals surface area contributed by atoms with Crippen molar-refractivity contribution in [2.75, 3.05) is 0 Å². The van der Waals surface area contributed by atoms with Gasteiger partial charge in [0.1, 0.15) is 0 Å². The predicted molar refractivity (Wildman–Crippen MR) is 18.8 cm³/mol. The van der Waals surface area contributed by atoms with E-state index in [4.69, 9.17) is 10.2 Å². The second-order valence-electron chi connectivity index (χ2n) is 0.656. The van der Waals surface area contributed by atoms with Crippen molar-refractivity contribution in [3.8, 4) is 0 Å². The molecular weight excluding hydrogens is 125 g/mol. The van der Waals surface area contributed by atoms with Gasteiger partial charge in [0.25, 0.3) is 0 Å². The largest absolute Gasteiger partial charge is 0.515 e. The Bertz CT molecular complexity index is 80.1. The lowest BCUT2D eigenvalue weighted by Crippen LogP contribution is -1.96. The summed E-state index contributed by atoms with van der Waals surface area (Å²) in [4.78, 5) is 7.87. The summed E-state index contributed by atoms with van der Waals surface area (Å²) in [6.07, 6.45) is 0. The molecule has 0 saturated carbocycles. The molecule has 0 rings (SSSR count). The lowest BCUT2D eigenvalue weighted by atomic mass is 13.6. The van der Waals surface area contributed by atoms with E-state index in [-0.39, 0.29) is 0 Å². The van der Waals surface area contributed by atoms with Crippen LogP contribution in [-0.4, -0.2) is 10.2 Å². The van der Waals surface area contributed by atoms with Crippen LogP contribution >= 0.6 is 7.82 Å². The molecular formula is H4NO5P. The minimum Gasteiger partial charge on any atom is -0.300 e. The quantitative estimate of drug-likeness (QED) is 0.263. The fraction of sp³-hybridized carbons (Fsp3) is 0. The van der Waals surface area contributed by atoms with Crippen LogP contribution in [0.2, 0.25) is 0 Å². The lowest BCUT2D eigenvalue weighted by molar-refractivity contribution is -0.162. The van der Waals surface area contributed by atoms with Gasteiger partial charge in [0.05, 0.1) is 0 Å². The Morgan fingerprint density at radius 2 is 2.14 bits per heavy atom. The molecule has 7 heteroatoms. The predicted octanol–water partition coefficient (Wildman–Crippen LogP) is -0.533. The molecule has 0 aromatic carbocycles. The first-order chi connectivity index (χ1) is 3.12. The van der Waals surface area contributed by atoms with Crippen molar-refractivity contribution >= 4 is 7.82 Å². The summed E-state index contributed by atoms with van der Waals surface area (Å²) >= 11 is 0. The summed E-state index contributed by atoms with van der Waals surface area (Å²) in [5, 5.41) is 7.38. The highest BCUT2D eigenvalue weighted by molar-refractivity contribution is 7.47. The highest BCUT2D eigenvalue weighted by Gasteiger charge is 2.17. The first-order valence-corrected chi connectivity index (χ1v) is 2.66. The van der Waals surface area contributed by atoms with Crippen LogP contribution < -0.4 is 5.90 Å². The van der Waals surface area contributed by atoms with Crippen LogP contribution in [0.4, 0.5) is 0 Å². The molecule has 4 N–H and O–H groups in total.